The van der Waals surface area contributed by atoms with Gasteiger partial charge in [-0.15, -0.1) is 0 Å². The molecule has 6 unspecified atom stereocenters. The Balaban J connectivity index is 1.68. The van der Waals surface area contributed by atoms with Crippen LogP contribution in [0.3, 0.4) is 0 Å². The van der Waals surface area contributed by atoms with Crippen LogP contribution < -0.4 is 0 Å². The summed E-state index contributed by atoms with van der Waals surface area (Å²) in [6.07, 6.45) is 19.8. The summed E-state index contributed by atoms with van der Waals surface area (Å²) in [5.41, 5.74) is 2.62. The third kappa shape index (κ3) is 0.982. The quantitative estimate of drug-likeness (QED) is 0.459. The zero-order valence-electron chi connectivity index (χ0n) is 11.3. The minimum Gasteiger partial charge on any atom is -0.0848 e. The van der Waals surface area contributed by atoms with E-state index in [1.807, 2.05) is 5.57 Å². The molecule has 0 nitrogen and oxygen atoms in total. The van der Waals surface area contributed by atoms with Crippen LogP contribution in [0.25, 0.3) is 0 Å². The lowest BCUT2D eigenvalue weighted by molar-refractivity contribution is 0.0998. The van der Waals surface area contributed by atoms with Gasteiger partial charge in [-0.1, -0.05) is 23.8 Å². The Labute approximate surface area is 111 Å². The Morgan fingerprint density at radius 3 is 2.94 bits per heavy atom. The van der Waals surface area contributed by atoms with Crippen LogP contribution in [0.4, 0.5) is 0 Å². The molecular formula is C18H24. The predicted octanol–water partition coefficient (Wildman–Crippen LogP) is 4.73. The van der Waals surface area contributed by atoms with Gasteiger partial charge < -0.3 is 0 Å². The normalized spacial score (nSPS) is 56.0. The van der Waals surface area contributed by atoms with Crippen molar-refractivity contribution in [2.24, 2.45) is 35.0 Å². The summed E-state index contributed by atoms with van der Waals surface area (Å²) < 4.78 is 0. The summed E-state index contributed by atoms with van der Waals surface area (Å²) in [4.78, 5) is 0. The Morgan fingerprint density at radius 2 is 2.06 bits per heavy atom. The third-order valence-electron chi connectivity index (χ3n) is 7.25. The summed E-state index contributed by atoms with van der Waals surface area (Å²) in [5, 5.41) is 0. The Bertz CT molecular complexity index is 443. The van der Waals surface area contributed by atoms with Crippen molar-refractivity contribution in [3.05, 3.63) is 23.8 Å². The Hall–Kier alpha value is -0.520. The molecule has 0 saturated heterocycles. The van der Waals surface area contributed by atoms with Crippen LogP contribution in [0.2, 0.25) is 0 Å². The van der Waals surface area contributed by atoms with E-state index < -0.39 is 0 Å². The molecule has 0 heterocycles. The lowest BCUT2D eigenvalue weighted by Gasteiger charge is -2.48. The Morgan fingerprint density at radius 1 is 1.06 bits per heavy atom. The van der Waals surface area contributed by atoms with Crippen LogP contribution in [-0.2, 0) is 0 Å². The van der Waals surface area contributed by atoms with Crippen LogP contribution >= 0.6 is 0 Å². The van der Waals surface area contributed by atoms with E-state index in [4.69, 9.17) is 0 Å². The van der Waals surface area contributed by atoms with Crippen molar-refractivity contribution in [3.8, 4) is 0 Å². The smallest absolute Gasteiger partial charge is 0.00396 e. The molecule has 18 heavy (non-hydrogen) atoms. The third-order valence-corrected chi connectivity index (χ3v) is 7.25. The maximum atomic E-state index is 2.69. The molecule has 96 valence electrons. The zero-order valence-corrected chi connectivity index (χ0v) is 11.3. The summed E-state index contributed by atoms with van der Waals surface area (Å²) in [5.74, 6) is 5.13. The van der Waals surface area contributed by atoms with Crippen molar-refractivity contribution < 1.29 is 0 Å². The van der Waals surface area contributed by atoms with E-state index in [0.29, 0.717) is 5.41 Å². The molecule has 0 aromatic rings. The highest BCUT2D eigenvalue weighted by Gasteiger charge is 2.68. The fourth-order valence-corrected chi connectivity index (χ4v) is 6.99. The molecular weight excluding hydrogens is 216 g/mol. The summed E-state index contributed by atoms with van der Waals surface area (Å²) in [6.45, 7) is 0. The van der Waals surface area contributed by atoms with Gasteiger partial charge in [-0.05, 0) is 81.0 Å². The topological polar surface area (TPSA) is 0 Å². The molecule has 5 aliphatic rings. The lowest BCUT2D eigenvalue weighted by atomic mass is 9.56. The lowest BCUT2D eigenvalue weighted by Crippen LogP contribution is -2.41. The van der Waals surface area contributed by atoms with Crippen LogP contribution in [0.1, 0.15) is 51.4 Å². The maximum absolute atomic E-state index is 2.69. The molecule has 0 spiro atoms. The highest BCUT2D eigenvalue weighted by atomic mass is 14.7. The standard InChI is InChI=1S/C18H24/c1-2-4-14(5-3-1)18-15-8-6-12(10-15)17(18)13-7-9-16(18)11-13/h4,6,8,12-13,15-17H,1-3,5,7,9-11H2. The average molecular weight is 240 g/mol. The number of allylic oxidation sites excluding steroid dienone is 4. The second-order valence-electron chi connectivity index (χ2n) is 7.59. The second-order valence-corrected chi connectivity index (χ2v) is 7.59. The molecule has 3 fully saturated rings. The van der Waals surface area contributed by atoms with Crippen LogP contribution in [-0.4, -0.2) is 0 Å². The molecule has 0 amide bonds. The van der Waals surface area contributed by atoms with Crippen molar-refractivity contribution in [1.82, 2.24) is 0 Å². The molecule has 0 radical (unpaired) electrons. The van der Waals surface area contributed by atoms with Gasteiger partial charge in [0, 0.05) is 5.41 Å². The van der Waals surface area contributed by atoms with Gasteiger partial charge in [0.1, 0.15) is 0 Å². The molecule has 0 aromatic heterocycles. The van der Waals surface area contributed by atoms with E-state index in [0.717, 1.165) is 29.6 Å². The minimum absolute atomic E-state index is 0.683. The van der Waals surface area contributed by atoms with Crippen molar-refractivity contribution in [1.29, 1.82) is 0 Å². The van der Waals surface area contributed by atoms with E-state index in [1.165, 1.54) is 32.1 Å². The monoisotopic (exact) mass is 240 g/mol. The minimum atomic E-state index is 0.683. The Kier molecular flexibility index (Phi) is 1.90. The van der Waals surface area contributed by atoms with Gasteiger partial charge >= 0.3 is 0 Å². The first-order valence-electron chi connectivity index (χ1n) is 8.28. The molecule has 0 N–H and O–H groups in total. The first-order chi connectivity index (χ1) is 8.90. The SMILES string of the molecule is C1=CC2CC1C1C3CCC(C3)C21C1=CCCCC1. The van der Waals surface area contributed by atoms with E-state index in [9.17, 15) is 0 Å². The van der Waals surface area contributed by atoms with Crippen LogP contribution in [0.5, 0.6) is 0 Å². The van der Waals surface area contributed by atoms with Gasteiger partial charge in [0.2, 0.25) is 0 Å². The number of hydrogen-bond donors (Lipinski definition) is 0. The largest absolute Gasteiger partial charge is 0.0848 e. The fraction of sp³-hybridized carbons (Fsp3) is 0.778. The van der Waals surface area contributed by atoms with Gasteiger partial charge in [-0.2, -0.15) is 0 Å². The van der Waals surface area contributed by atoms with Gasteiger partial charge in [0.15, 0.2) is 0 Å². The van der Waals surface area contributed by atoms with Gasteiger partial charge in [-0.3, -0.25) is 0 Å². The van der Waals surface area contributed by atoms with Crippen molar-refractivity contribution in [3.63, 3.8) is 0 Å². The summed E-state index contributed by atoms with van der Waals surface area (Å²) in [7, 11) is 0. The van der Waals surface area contributed by atoms with Crippen LogP contribution in [0, 0.1) is 35.0 Å². The molecule has 0 aromatic carbocycles. The second kappa shape index (κ2) is 3.32. The molecule has 4 bridgehead atoms. The van der Waals surface area contributed by atoms with E-state index in [1.54, 1.807) is 19.3 Å². The van der Waals surface area contributed by atoms with E-state index in [-0.39, 0.29) is 0 Å². The summed E-state index contributed by atoms with van der Waals surface area (Å²) >= 11 is 0. The van der Waals surface area contributed by atoms with Gasteiger partial charge in [0.05, 0.1) is 0 Å². The van der Waals surface area contributed by atoms with Crippen LogP contribution in [0.15, 0.2) is 23.8 Å². The molecule has 0 aliphatic heterocycles. The molecule has 0 heteroatoms. The van der Waals surface area contributed by atoms with Crippen molar-refractivity contribution >= 4 is 0 Å². The molecule has 5 rings (SSSR count). The maximum Gasteiger partial charge on any atom is 0.00396 e. The highest BCUT2D eigenvalue weighted by molar-refractivity contribution is 5.36. The predicted molar refractivity (Wildman–Crippen MR) is 74.0 cm³/mol. The fourth-order valence-electron chi connectivity index (χ4n) is 6.99. The zero-order chi connectivity index (χ0) is 11.7. The highest BCUT2D eigenvalue weighted by Crippen LogP contribution is 2.75. The average Bonchev–Trinajstić information content (AvgIpc) is 3.18. The first-order valence-corrected chi connectivity index (χ1v) is 8.28. The molecule has 5 aliphatic carbocycles. The molecule has 3 saturated carbocycles. The van der Waals surface area contributed by atoms with Gasteiger partial charge in [0.25, 0.3) is 0 Å². The van der Waals surface area contributed by atoms with E-state index >= 15 is 0 Å². The summed E-state index contributed by atoms with van der Waals surface area (Å²) in [6, 6.07) is 0. The van der Waals surface area contributed by atoms with Crippen molar-refractivity contribution in [2.45, 2.75) is 51.4 Å². The molecule has 6 atom stereocenters. The first kappa shape index (κ1) is 10.3. The number of rotatable bonds is 1. The number of fused-ring (bicyclic) bond motifs is 9. The number of hydrogen-bond acceptors (Lipinski definition) is 0. The van der Waals surface area contributed by atoms with Gasteiger partial charge in [-0.25, -0.2) is 0 Å². The van der Waals surface area contributed by atoms with Crippen molar-refractivity contribution in [2.75, 3.05) is 0 Å². The van der Waals surface area contributed by atoms with E-state index in [2.05, 4.69) is 18.2 Å².